The molecule has 0 rings (SSSR count). The van der Waals surface area contributed by atoms with E-state index in [9.17, 15) is 0 Å². The molecule has 0 aliphatic heterocycles. The summed E-state index contributed by atoms with van der Waals surface area (Å²) in [5.41, 5.74) is -0.0739. The average molecular weight is 246 g/mol. The van der Waals surface area contributed by atoms with Crippen LogP contribution < -0.4 is 0 Å². The van der Waals surface area contributed by atoms with Crippen molar-refractivity contribution in [1.29, 1.82) is 0 Å². The lowest BCUT2D eigenvalue weighted by molar-refractivity contribution is 0.170. The smallest absolute Gasteiger partial charge is 0.321 e. The third kappa shape index (κ3) is 22.9. The molecule has 14 heavy (non-hydrogen) atoms. The maximum Gasteiger partial charge on any atom is 0.321 e. The van der Waals surface area contributed by atoms with Gasteiger partial charge < -0.3 is 24.5 Å². The third-order valence-corrected chi connectivity index (χ3v) is 1.55. The van der Waals surface area contributed by atoms with Crippen LogP contribution in [-0.4, -0.2) is 39.8 Å². The van der Waals surface area contributed by atoms with Gasteiger partial charge in [-0.2, -0.15) is 0 Å². The molecule has 7 heteroatoms. The molecule has 88 valence electrons. The van der Waals surface area contributed by atoms with Crippen LogP contribution >= 0.6 is 6.72 Å². The summed E-state index contributed by atoms with van der Waals surface area (Å²) >= 11 is 4.25. The lowest BCUT2D eigenvalue weighted by Crippen LogP contribution is -2.13. The van der Waals surface area contributed by atoms with Gasteiger partial charge in [0.2, 0.25) is 0 Å². The Kier molecular flexibility index (Phi) is 9.28. The highest BCUT2D eigenvalue weighted by Gasteiger charge is 2.15. The largest absolute Gasteiger partial charge is 0.394 e. The van der Waals surface area contributed by atoms with Crippen molar-refractivity contribution in [1.82, 2.24) is 0 Å². The van der Waals surface area contributed by atoms with E-state index in [0.29, 0.717) is 0 Å². The molecule has 0 aliphatic rings. The molecule has 0 radical (unpaired) electrons. The Bertz CT molecular complexity index is 171. The first-order chi connectivity index (χ1) is 6.12. The maximum absolute atomic E-state index is 8.64. The number of hydrogen-bond donors (Lipinski definition) is 4. The van der Waals surface area contributed by atoms with Gasteiger partial charge in [-0.05, 0) is 17.2 Å². The zero-order chi connectivity index (χ0) is 11.8. The monoisotopic (exact) mass is 246 g/mol. The summed E-state index contributed by atoms with van der Waals surface area (Å²) in [5, 5.41) is 15.2. The molecule has 0 bridgehead atoms. The van der Waals surface area contributed by atoms with Crippen molar-refractivity contribution >= 4 is 18.5 Å². The van der Waals surface area contributed by atoms with E-state index < -0.39 is 6.72 Å². The van der Waals surface area contributed by atoms with E-state index in [4.69, 9.17) is 20.0 Å². The summed E-state index contributed by atoms with van der Waals surface area (Å²) in [6, 6.07) is 0. The SMILES string of the molecule is CC(C)(C)COP(O)(O)=S.OCCO. The Morgan fingerprint density at radius 1 is 1.14 bits per heavy atom. The van der Waals surface area contributed by atoms with Gasteiger partial charge in [-0.15, -0.1) is 0 Å². The van der Waals surface area contributed by atoms with Crippen LogP contribution in [0.25, 0.3) is 0 Å². The van der Waals surface area contributed by atoms with Gasteiger partial charge in [0.25, 0.3) is 0 Å². The van der Waals surface area contributed by atoms with Crippen LogP contribution in [0.3, 0.4) is 0 Å². The predicted molar refractivity (Wildman–Crippen MR) is 58.3 cm³/mol. The Morgan fingerprint density at radius 3 is 1.57 bits per heavy atom. The van der Waals surface area contributed by atoms with Crippen molar-refractivity contribution in [2.24, 2.45) is 5.41 Å². The first-order valence-electron chi connectivity index (χ1n) is 4.04. The quantitative estimate of drug-likeness (QED) is 0.533. The molecule has 0 aromatic heterocycles. The molecule has 0 unspecified atom stereocenters. The van der Waals surface area contributed by atoms with Crippen molar-refractivity contribution in [3.63, 3.8) is 0 Å². The van der Waals surface area contributed by atoms with Crippen molar-refractivity contribution in [2.45, 2.75) is 20.8 Å². The topological polar surface area (TPSA) is 90.2 Å². The summed E-state index contributed by atoms with van der Waals surface area (Å²) in [5.74, 6) is 0. The molecule has 0 aromatic rings. The van der Waals surface area contributed by atoms with E-state index in [2.05, 4.69) is 16.3 Å². The Labute approximate surface area is 89.6 Å². The van der Waals surface area contributed by atoms with Crippen LogP contribution in [0.2, 0.25) is 0 Å². The fraction of sp³-hybridized carbons (Fsp3) is 1.00. The Hall–Kier alpha value is 0.450. The zero-order valence-electron chi connectivity index (χ0n) is 8.67. The maximum atomic E-state index is 8.64. The van der Waals surface area contributed by atoms with Gasteiger partial charge in [0.1, 0.15) is 0 Å². The van der Waals surface area contributed by atoms with Crippen LogP contribution in [0.1, 0.15) is 20.8 Å². The highest BCUT2D eigenvalue weighted by atomic mass is 32.5. The second-order valence-corrected chi connectivity index (χ2v) is 6.44. The van der Waals surface area contributed by atoms with E-state index in [1.807, 2.05) is 20.8 Å². The lowest BCUT2D eigenvalue weighted by Gasteiger charge is -2.19. The minimum absolute atomic E-state index is 0.0739. The van der Waals surface area contributed by atoms with Gasteiger partial charge in [-0.25, -0.2) is 0 Å². The Morgan fingerprint density at radius 2 is 1.50 bits per heavy atom. The van der Waals surface area contributed by atoms with Crippen LogP contribution in [-0.2, 0) is 16.3 Å². The van der Waals surface area contributed by atoms with Gasteiger partial charge in [0.15, 0.2) is 0 Å². The van der Waals surface area contributed by atoms with Crippen LogP contribution in [0.5, 0.6) is 0 Å². The summed E-state index contributed by atoms with van der Waals surface area (Å²) in [4.78, 5) is 17.3. The molecule has 0 amide bonds. The van der Waals surface area contributed by atoms with Crippen LogP contribution in [0, 0.1) is 5.41 Å². The van der Waals surface area contributed by atoms with Crippen LogP contribution in [0.4, 0.5) is 0 Å². The van der Waals surface area contributed by atoms with E-state index in [1.165, 1.54) is 0 Å². The summed E-state index contributed by atoms with van der Waals surface area (Å²) in [7, 11) is 0. The fourth-order valence-electron chi connectivity index (χ4n) is 0.278. The van der Waals surface area contributed by atoms with Crippen molar-refractivity contribution in [2.75, 3.05) is 19.8 Å². The van der Waals surface area contributed by atoms with Crippen molar-refractivity contribution < 1.29 is 24.5 Å². The number of hydrogen-bond acceptors (Lipinski definition) is 4. The molecule has 0 heterocycles. The molecule has 0 fully saturated rings. The zero-order valence-corrected chi connectivity index (χ0v) is 10.4. The number of aliphatic hydroxyl groups excluding tert-OH is 2. The highest BCUT2D eigenvalue weighted by molar-refractivity contribution is 8.06. The van der Waals surface area contributed by atoms with E-state index in [-0.39, 0.29) is 25.2 Å². The lowest BCUT2D eigenvalue weighted by atomic mass is 9.99. The second kappa shape index (κ2) is 7.70. The molecule has 0 aromatic carbocycles. The van der Waals surface area contributed by atoms with Crippen molar-refractivity contribution in [3.8, 4) is 0 Å². The first-order valence-corrected chi connectivity index (χ1v) is 6.67. The van der Waals surface area contributed by atoms with Gasteiger partial charge in [0, 0.05) is 0 Å². The highest BCUT2D eigenvalue weighted by Crippen LogP contribution is 2.38. The van der Waals surface area contributed by atoms with E-state index in [0.717, 1.165) is 0 Å². The molecular formula is C7H19O5PS. The van der Waals surface area contributed by atoms with Gasteiger partial charge >= 0.3 is 6.72 Å². The van der Waals surface area contributed by atoms with Gasteiger partial charge in [-0.3, -0.25) is 0 Å². The van der Waals surface area contributed by atoms with E-state index in [1.54, 1.807) is 0 Å². The van der Waals surface area contributed by atoms with Gasteiger partial charge in [-0.1, -0.05) is 20.8 Å². The molecule has 4 N–H and O–H groups in total. The third-order valence-electron chi connectivity index (χ3n) is 0.766. The second-order valence-electron chi connectivity index (χ2n) is 3.77. The van der Waals surface area contributed by atoms with Gasteiger partial charge in [0.05, 0.1) is 19.8 Å². The van der Waals surface area contributed by atoms with Crippen molar-refractivity contribution in [3.05, 3.63) is 0 Å². The number of aliphatic hydroxyl groups is 2. The normalized spacial score (nSPS) is 11.9. The minimum Gasteiger partial charge on any atom is -0.394 e. The van der Waals surface area contributed by atoms with E-state index >= 15 is 0 Å². The molecule has 0 saturated heterocycles. The molecule has 0 spiro atoms. The molecule has 0 saturated carbocycles. The summed E-state index contributed by atoms with van der Waals surface area (Å²) in [6.45, 7) is 2.38. The van der Waals surface area contributed by atoms with Crippen LogP contribution in [0.15, 0.2) is 0 Å². The molecular weight excluding hydrogens is 227 g/mol. The first kappa shape index (κ1) is 16.9. The average Bonchev–Trinajstić information content (AvgIpc) is 1.99. The molecule has 5 nitrogen and oxygen atoms in total. The standard InChI is InChI=1S/C5H13O3PS.C2H6O2/c1-5(2,3)4-8-9(6,7)10;3-1-2-4/h4H2,1-3H3,(H2,6,7,10);3-4H,1-2H2. The summed E-state index contributed by atoms with van der Waals surface area (Å²) in [6.07, 6.45) is 0. The predicted octanol–water partition coefficient (Wildman–Crippen LogP) is 0.229. The number of rotatable bonds is 3. The summed E-state index contributed by atoms with van der Waals surface area (Å²) < 4.78 is 4.63. The Balaban J connectivity index is 0. The molecule has 0 aliphatic carbocycles. The minimum atomic E-state index is -3.43. The fourth-order valence-corrected chi connectivity index (χ4v) is 0.991. The molecule has 0 atom stereocenters.